The molecule has 1 aromatic carbocycles. The van der Waals surface area contributed by atoms with Crippen molar-refractivity contribution in [3.63, 3.8) is 0 Å². The molecule has 0 unspecified atom stereocenters. The van der Waals surface area contributed by atoms with Crippen LogP contribution < -0.4 is 16.0 Å². The predicted octanol–water partition coefficient (Wildman–Crippen LogP) is 3.95. The van der Waals surface area contributed by atoms with Gasteiger partial charge in [-0.1, -0.05) is 24.8 Å². The van der Waals surface area contributed by atoms with Gasteiger partial charge >= 0.3 is 0 Å². The van der Waals surface area contributed by atoms with Gasteiger partial charge in [0.05, 0.1) is 12.6 Å². The van der Waals surface area contributed by atoms with Crippen LogP contribution >= 0.6 is 0 Å². The van der Waals surface area contributed by atoms with E-state index in [-0.39, 0.29) is 5.91 Å². The smallest absolute Gasteiger partial charge is 0.228 e. The van der Waals surface area contributed by atoms with Crippen LogP contribution in [0.2, 0.25) is 0 Å². The molecule has 3 heterocycles. The molecule has 5 rings (SSSR count). The fourth-order valence-electron chi connectivity index (χ4n) is 3.80. The highest BCUT2D eigenvalue weighted by Crippen LogP contribution is 2.29. The fourth-order valence-corrected chi connectivity index (χ4v) is 3.80. The minimum Gasteiger partial charge on any atom is -0.367 e. The first kappa shape index (κ1) is 19.4. The zero-order valence-electron chi connectivity index (χ0n) is 17.8. The van der Waals surface area contributed by atoms with Crippen molar-refractivity contribution in [3.8, 4) is 0 Å². The average molecular weight is 415 g/mol. The Morgan fingerprint density at radius 1 is 1.32 bits per heavy atom. The van der Waals surface area contributed by atoms with Gasteiger partial charge in [-0.15, -0.1) is 0 Å². The number of anilines is 2. The number of benzene rings is 1. The molecule has 1 amide bonds. The second-order valence-electron chi connectivity index (χ2n) is 8.37. The van der Waals surface area contributed by atoms with Crippen LogP contribution in [0, 0.1) is 13.8 Å². The Balaban J connectivity index is 1.50. The quantitative estimate of drug-likeness (QED) is 0.569. The molecule has 158 valence electrons. The second-order valence-corrected chi connectivity index (χ2v) is 8.37. The molecule has 3 aromatic rings. The average Bonchev–Trinajstić information content (AvgIpc) is 3.37. The van der Waals surface area contributed by atoms with Gasteiger partial charge in [-0.05, 0) is 55.0 Å². The largest absolute Gasteiger partial charge is 0.367 e. The molecule has 2 aliphatic rings. The number of hydrogen-bond donors (Lipinski definition) is 3. The van der Waals surface area contributed by atoms with Crippen molar-refractivity contribution < 1.29 is 4.79 Å². The van der Waals surface area contributed by atoms with Crippen molar-refractivity contribution in [3.05, 3.63) is 70.6 Å². The first-order valence-corrected chi connectivity index (χ1v) is 10.6. The normalized spacial score (nSPS) is 17.4. The summed E-state index contributed by atoms with van der Waals surface area (Å²) in [6, 6.07) is 8.85. The summed E-state index contributed by atoms with van der Waals surface area (Å²) in [7, 11) is 0. The van der Waals surface area contributed by atoms with Gasteiger partial charge in [0.15, 0.2) is 5.65 Å². The van der Waals surface area contributed by atoms with Gasteiger partial charge in [-0.3, -0.25) is 4.79 Å². The molecule has 2 fully saturated rings. The molecule has 0 radical (unpaired) electrons. The number of allylic oxidation sites excluding steroid dienone is 1. The summed E-state index contributed by atoms with van der Waals surface area (Å²) in [4.78, 5) is 16.5. The standard InChI is InChI=1S/C24H26N6O/c1-14-5-4-6-17(15(14)2)12-25-21-11-22(28-20-7-8-20)30-24(29-21)19(13-26-30)9-18-10-23(31)27-16(18)3/h4-6,9,11,13,20,28H,3,7-8,10,12H2,1-2H3,(H,25,29)(H,27,31)/b18-9+. The van der Waals surface area contributed by atoms with E-state index in [9.17, 15) is 4.79 Å². The number of aromatic nitrogens is 3. The lowest BCUT2D eigenvalue weighted by atomic mass is 10.0. The number of amides is 1. The molecular weight excluding hydrogens is 388 g/mol. The summed E-state index contributed by atoms with van der Waals surface area (Å²) in [5.74, 6) is 1.67. The summed E-state index contributed by atoms with van der Waals surface area (Å²) < 4.78 is 1.83. The number of hydrogen-bond acceptors (Lipinski definition) is 5. The molecule has 1 aliphatic heterocycles. The Hall–Kier alpha value is -3.61. The molecule has 3 N–H and O–H groups in total. The lowest BCUT2D eigenvalue weighted by Gasteiger charge is -2.13. The number of rotatable bonds is 6. The van der Waals surface area contributed by atoms with Crippen LogP contribution in [0.3, 0.4) is 0 Å². The van der Waals surface area contributed by atoms with E-state index >= 15 is 0 Å². The highest BCUT2D eigenvalue weighted by atomic mass is 16.1. The number of nitrogens with zero attached hydrogens (tertiary/aromatic N) is 3. The van der Waals surface area contributed by atoms with E-state index in [4.69, 9.17) is 4.98 Å². The van der Waals surface area contributed by atoms with Gasteiger partial charge in [0.1, 0.15) is 11.6 Å². The zero-order valence-corrected chi connectivity index (χ0v) is 17.8. The van der Waals surface area contributed by atoms with Crippen LogP contribution in [-0.4, -0.2) is 26.5 Å². The van der Waals surface area contributed by atoms with E-state index in [1.165, 1.54) is 29.5 Å². The number of fused-ring (bicyclic) bond motifs is 1. The van der Waals surface area contributed by atoms with Gasteiger partial charge in [-0.2, -0.15) is 9.61 Å². The van der Waals surface area contributed by atoms with Crippen LogP contribution in [0.25, 0.3) is 11.7 Å². The van der Waals surface area contributed by atoms with E-state index in [2.05, 4.69) is 59.7 Å². The highest BCUT2D eigenvalue weighted by Gasteiger charge is 2.24. The zero-order chi connectivity index (χ0) is 21.5. The Bertz CT molecular complexity index is 1230. The maximum atomic E-state index is 11.7. The second kappa shape index (κ2) is 7.58. The molecule has 2 aromatic heterocycles. The van der Waals surface area contributed by atoms with Gasteiger partial charge in [-0.25, -0.2) is 4.98 Å². The number of carbonyl (C=O) groups is 1. The van der Waals surface area contributed by atoms with Gasteiger partial charge in [0.2, 0.25) is 5.91 Å². The third-order valence-corrected chi connectivity index (χ3v) is 5.96. The molecule has 31 heavy (non-hydrogen) atoms. The minimum absolute atomic E-state index is 0.0346. The van der Waals surface area contributed by atoms with Crippen LogP contribution in [0.5, 0.6) is 0 Å². The molecule has 1 saturated carbocycles. The Kier molecular flexibility index (Phi) is 4.73. The molecular formula is C24H26N6O. The first-order chi connectivity index (χ1) is 15.0. The lowest BCUT2D eigenvalue weighted by molar-refractivity contribution is -0.118. The molecule has 1 aliphatic carbocycles. The Labute approximate surface area is 181 Å². The van der Waals surface area contributed by atoms with E-state index in [0.717, 1.165) is 28.4 Å². The first-order valence-electron chi connectivity index (χ1n) is 10.6. The van der Waals surface area contributed by atoms with Crippen LogP contribution in [0.15, 0.2) is 48.3 Å². The highest BCUT2D eigenvalue weighted by molar-refractivity contribution is 5.89. The van der Waals surface area contributed by atoms with Gasteiger partial charge in [0, 0.05) is 29.9 Å². The summed E-state index contributed by atoms with van der Waals surface area (Å²) in [6.45, 7) is 8.90. The monoisotopic (exact) mass is 414 g/mol. The maximum absolute atomic E-state index is 11.7. The van der Waals surface area contributed by atoms with Gasteiger partial charge in [0.25, 0.3) is 0 Å². The third-order valence-electron chi connectivity index (χ3n) is 5.96. The van der Waals surface area contributed by atoms with Crippen molar-refractivity contribution in [2.45, 2.75) is 45.7 Å². The number of carbonyl (C=O) groups excluding carboxylic acids is 1. The number of aryl methyl sites for hydroxylation is 1. The van der Waals surface area contributed by atoms with Gasteiger partial charge < -0.3 is 16.0 Å². The molecule has 0 bridgehead atoms. The molecule has 0 atom stereocenters. The van der Waals surface area contributed by atoms with Crippen molar-refractivity contribution in [2.24, 2.45) is 0 Å². The fraction of sp³-hybridized carbons (Fsp3) is 0.292. The van der Waals surface area contributed by atoms with Crippen molar-refractivity contribution in [2.75, 3.05) is 10.6 Å². The summed E-state index contributed by atoms with van der Waals surface area (Å²) in [5.41, 5.74) is 6.94. The van der Waals surface area contributed by atoms with Crippen molar-refractivity contribution in [1.29, 1.82) is 0 Å². The predicted molar refractivity (Wildman–Crippen MR) is 123 cm³/mol. The SMILES string of the molecule is C=C1NC(=O)C/C1=C\c1cnn2c(NC3CC3)cc(NCc3cccc(C)c3C)nc12. The summed E-state index contributed by atoms with van der Waals surface area (Å²) in [5, 5.41) is 14.4. The summed E-state index contributed by atoms with van der Waals surface area (Å²) >= 11 is 0. The van der Waals surface area contributed by atoms with E-state index in [1.54, 1.807) is 6.20 Å². The van der Waals surface area contributed by atoms with E-state index in [1.807, 2.05) is 16.7 Å². The Morgan fingerprint density at radius 2 is 2.16 bits per heavy atom. The van der Waals surface area contributed by atoms with Crippen LogP contribution in [0.4, 0.5) is 11.6 Å². The third kappa shape index (κ3) is 3.91. The topological polar surface area (TPSA) is 83.4 Å². The Morgan fingerprint density at radius 3 is 2.90 bits per heavy atom. The van der Waals surface area contributed by atoms with Crippen molar-refractivity contribution in [1.82, 2.24) is 19.9 Å². The molecule has 7 heteroatoms. The summed E-state index contributed by atoms with van der Waals surface area (Å²) in [6.07, 6.45) is 6.40. The minimum atomic E-state index is -0.0346. The van der Waals surface area contributed by atoms with E-state index < -0.39 is 0 Å². The molecule has 1 saturated heterocycles. The van der Waals surface area contributed by atoms with Crippen molar-refractivity contribution >= 4 is 29.3 Å². The van der Waals surface area contributed by atoms with Crippen LogP contribution in [-0.2, 0) is 11.3 Å². The van der Waals surface area contributed by atoms with E-state index in [0.29, 0.717) is 24.7 Å². The molecule has 0 spiro atoms. The lowest BCUT2D eigenvalue weighted by Crippen LogP contribution is -2.10. The maximum Gasteiger partial charge on any atom is 0.228 e. The number of nitrogens with one attached hydrogen (secondary N) is 3. The van der Waals surface area contributed by atoms with Crippen LogP contribution in [0.1, 0.15) is 41.5 Å². The molecule has 7 nitrogen and oxygen atoms in total.